The Morgan fingerprint density at radius 1 is 1.33 bits per heavy atom. The number of hydrogen-bond donors (Lipinski definition) is 0. The number of nitriles is 1. The van der Waals surface area contributed by atoms with Gasteiger partial charge in [-0.15, -0.1) is 11.8 Å². The van der Waals surface area contributed by atoms with E-state index in [-0.39, 0.29) is 0 Å². The van der Waals surface area contributed by atoms with E-state index in [9.17, 15) is 0 Å². The highest BCUT2D eigenvalue weighted by molar-refractivity contribution is 8.00. The van der Waals surface area contributed by atoms with Crippen LogP contribution >= 0.6 is 11.8 Å². The average molecular weight is 217 g/mol. The minimum absolute atomic E-state index is 0.734. The molecule has 2 heteroatoms. The standard InChI is InChI=1S/C13H15NS/c1-10-5-4-6-11(9-14)13(10)15-12-7-2-3-8-12/h4-6,12H,2-3,7-8H2,1H3. The summed E-state index contributed by atoms with van der Waals surface area (Å²) in [5.41, 5.74) is 2.08. The van der Waals surface area contributed by atoms with E-state index in [2.05, 4.69) is 19.1 Å². The third kappa shape index (κ3) is 2.35. The number of benzene rings is 1. The zero-order valence-electron chi connectivity index (χ0n) is 8.99. The Kier molecular flexibility index (Phi) is 3.33. The highest BCUT2D eigenvalue weighted by atomic mass is 32.2. The van der Waals surface area contributed by atoms with Crippen LogP contribution in [0.2, 0.25) is 0 Å². The Balaban J connectivity index is 2.22. The topological polar surface area (TPSA) is 23.8 Å². The van der Waals surface area contributed by atoms with Gasteiger partial charge in [-0.3, -0.25) is 0 Å². The van der Waals surface area contributed by atoms with Crippen LogP contribution in [0.15, 0.2) is 23.1 Å². The van der Waals surface area contributed by atoms with Crippen molar-refractivity contribution < 1.29 is 0 Å². The molecule has 0 aliphatic heterocycles. The molecule has 1 fully saturated rings. The molecule has 0 aromatic heterocycles. The lowest BCUT2D eigenvalue weighted by Crippen LogP contribution is -1.96. The van der Waals surface area contributed by atoms with Gasteiger partial charge >= 0.3 is 0 Å². The molecule has 1 aromatic carbocycles. The molecular formula is C13H15NS. The SMILES string of the molecule is Cc1cccc(C#N)c1SC1CCCC1. The van der Waals surface area contributed by atoms with Crippen molar-refractivity contribution >= 4 is 11.8 Å². The molecule has 0 unspecified atom stereocenters. The van der Waals surface area contributed by atoms with Gasteiger partial charge in [0.1, 0.15) is 6.07 Å². The van der Waals surface area contributed by atoms with Crippen molar-refractivity contribution in [2.75, 3.05) is 0 Å². The summed E-state index contributed by atoms with van der Waals surface area (Å²) in [6.07, 6.45) is 5.32. The van der Waals surface area contributed by atoms with E-state index in [1.54, 1.807) is 0 Å². The summed E-state index contributed by atoms with van der Waals surface area (Å²) in [5, 5.41) is 9.79. The zero-order chi connectivity index (χ0) is 10.7. The Bertz CT molecular complexity index is 386. The van der Waals surface area contributed by atoms with Crippen molar-refractivity contribution in [1.82, 2.24) is 0 Å². The minimum atomic E-state index is 0.734. The monoisotopic (exact) mass is 217 g/mol. The molecule has 1 nitrogen and oxygen atoms in total. The molecule has 1 aromatic rings. The number of aryl methyl sites for hydroxylation is 1. The average Bonchev–Trinajstić information content (AvgIpc) is 2.74. The fourth-order valence-electron chi connectivity index (χ4n) is 2.07. The van der Waals surface area contributed by atoms with Crippen LogP contribution in [0.25, 0.3) is 0 Å². The van der Waals surface area contributed by atoms with Crippen LogP contribution in [-0.2, 0) is 0 Å². The second kappa shape index (κ2) is 4.72. The maximum atomic E-state index is 9.05. The quantitative estimate of drug-likeness (QED) is 0.750. The molecule has 0 spiro atoms. The van der Waals surface area contributed by atoms with Gasteiger partial charge in [-0.2, -0.15) is 5.26 Å². The molecule has 1 saturated carbocycles. The molecule has 0 bridgehead atoms. The molecule has 1 aliphatic carbocycles. The lowest BCUT2D eigenvalue weighted by Gasteiger charge is -2.12. The number of nitrogens with zero attached hydrogens (tertiary/aromatic N) is 1. The fourth-order valence-corrected chi connectivity index (χ4v) is 3.47. The van der Waals surface area contributed by atoms with Gasteiger partial charge in [0.15, 0.2) is 0 Å². The maximum absolute atomic E-state index is 9.05. The third-order valence-electron chi connectivity index (χ3n) is 2.92. The molecule has 2 rings (SSSR count). The van der Waals surface area contributed by atoms with Gasteiger partial charge in [0.05, 0.1) is 5.56 Å². The van der Waals surface area contributed by atoms with Gasteiger partial charge in [-0.25, -0.2) is 0 Å². The predicted octanol–water partition coefficient (Wildman–Crippen LogP) is 3.90. The summed E-state index contributed by atoms with van der Waals surface area (Å²) < 4.78 is 0. The normalized spacial score (nSPS) is 16.5. The van der Waals surface area contributed by atoms with E-state index in [0.717, 1.165) is 10.8 Å². The second-order valence-electron chi connectivity index (χ2n) is 4.09. The number of hydrogen-bond acceptors (Lipinski definition) is 2. The Morgan fingerprint density at radius 2 is 2.07 bits per heavy atom. The highest BCUT2D eigenvalue weighted by Crippen LogP contribution is 2.37. The molecule has 0 N–H and O–H groups in total. The van der Waals surface area contributed by atoms with Gasteiger partial charge in [0.25, 0.3) is 0 Å². The third-order valence-corrected chi connectivity index (χ3v) is 4.50. The fraction of sp³-hybridized carbons (Fsp3) is 0.462. The van der Waals surface area contributed by atoms with E-state index in [0.29, 0.717) is 0 Å². The summed E-state index contributed by atoms with van der Waals surface area (Å²) >= 11 is 1.91. The van der Waals surface area contributed by atoms with Crippen molar-refractivity contribution in [1.29, 1.82) is 5.26 Å². The van der Waals surface area contributed by atoms with Gasteiger partial charge in [-0.1, -0.05) is 25.0 Å². The first-order valence-corrected chi connectivity index (χ1v) is 6.35. The number of rotatable bonds is 2. The second-order valence-corrected chi connectivity index (χ2v) is 5.40. The first kappa shape index (κ1) is 10.6. The molecular weight excluding hydrogens is 202 g/mol. The van der Waals surface area contributed by atoms with Crippen LogP contribution in [0.4, 0.5) is 0 Å². The molecule has 0 saturated heterocycles. The van der Waals surface area contributed by atoms with Crippen molar-refractivity contribution in [2.24, 2.45) is 0 Å². The van der Waals surface area contributed by atoms with Gasteiger partial charge in [-0.05, 0) is 31.4 Å². The maximum Gasteiger partial charge on any atom is 0.100 e. The van der Waals surface area contributed by atoms with E-state index >= 15 is 0 Å². The summed E-state index contributed by atoms with van der Waals surface area (Å²) in [6, 6.07) is 8.27. The highest BCUT2D eigenvalue weighted by Gasteiger charge is 2.18. The van der Waals surface area contributed by atoms with E-state index in [4.69, 9.17) is 5.26 Å². The van der Waals surface area contributed by atoms with E-state index in [1.807, 2.05) is 23.9 Å². The van der Waals surface area contributed by atoms with E-state index in [1.165, 1.54) is 36.1 Å². The molecule has 0 atom stereocenters. The first-order valence-electron chi connectivity index (χ1n) is 5.47. The summed E-state index contributed by atoms with van der Waals surface area (Å²) in [7, 11) is 0. The summed E-state index contributed by atoms with van der Waals surface area (Å²) in [4.78, 5) is 1.20. The molecule has 78 valence electrons. The lowest BCUT2D eigenvalue weighted by molar-refractivity contribution is 0.886. The Hall–Kier alpha value is -0.940. The largest absolute Gasteiger partial charge is 0.192 e. The van der Waals surface area contributed by atoms with Crippen molar-refractivity contribution in [2.45, 2.75) is 42.8 Å². The van der Waals surface area contributed by atoms with Crippen LogP contribution in [0, 0.1) is 18.3 Å². The van der Waals surface area contributed by atoms with Gasteiger partial charge < -0.3 is 0 Å². The smallest absolute Gasteiger partial charge is 0.100 e. The van der Waals surface area contributed by atoms with Crippen LogP contribution in [0.1, 0.15) is 36.8 Å². The van der Waals surface area contributed by atoms with Crippen molar-refractivity contribution in [3.8, 4) is 6.07 Å². The Morgan fingerprint density at radius 3 is 2.73 bits per heavy atom. The zero-order valence-corrected chi connectivity index (χ0v) is 9.81. The van der Waals surface area contributed by atoms with Gasteiger partial charge in [0.2, 0.25) is 0 Å². The lowest BCUT2D eigenvalue weighted by atomic mass is 10.1. The molecule has 0 radical (unpaired) electrons. The van der Waals surface area contributed by atoms with E-state index < -0.39 is 0 Å². The molecule has 0 heterocycles. The van der Waals surface area contributed by atoms with Crippen LogP contribution < -0.4 is 0 Å². The Labute approximate surface area is 95.5 Å². The minimum Gasteiger partial charge on any atom is -0.192 e. The predicted molar refractivity (Wildman–Crippen MR) is 64.0 cm³/mol. The molecule has 0 amide bonds. The van der Waals surface area contributed by atoms with Crippen molar-refractivity contribution in [3.63, 3.8) is 0 Å². The van der Waals surface area contributed by atoms with Crippen LogP contribution in [-0.4, -0.2) is 5.25 Å². The van der Waals surface area contributed by atoms with Gasteiger partial charge in [0, 0.05) is 10.1 Å². The first-order chi connectivity index (χ1) is 7.31. The van der Waals surface area contributed by atoms with Crippen LogP contribution in [0.5, 0.6) is 0 Å². The summed E-state index contributed by atoms with van der Waals surface area (Å²) in [5.74, 6) is 0. The summed E-state index contributed by atoms with van der Waals surface area (Å²) in [6.45, 7) is 2.10. The van der Waals surface area contributed by atoms with Crippen LogP contribution in [0.3, 0.4) is 0 Å². The number of thioether (sulfide) groups is 1. The molecule has 1 aliphatic rings. The molecule has 15 heavy (non-hydrogen) atoms. The van der Waals surface area contributed by atoms with Crippen molar-refractivity contribution in [3.05, 3.63) is 29.3 Å².